The molecule has 29 heavy (non-hydrogen) atoms. The maximum Gasteiger partial charge on any atom is 0.137 e. The number of benzene rings is 3. The second-order valence-corrected chi connectivity index (χ2v) is 7.74. The normalized spacial score (nSPS) is 14.7. The number of ketones is 1. The van der Waals surface area contributed by atoms with Crippen molar-refractivity contribution in [3.8, 4) is 0 Å². The summed E-state index contributed by atoms with van der Waals surface area (Å²) in [6.45, 7) is 1.66. The summed E-state index contributed by atoms with van der Waals surface area (Å²) in [5, 5.41) is 0. The van der Waals surface area contributed by atoms with Crippen LogP contribution in [0.25, 0.3) is 0 Å². The molecule has 1 aliphatic rings. The minimum Gasteiger partial charge on any atom is -0.299 e. The van der Waals surface area contributed by atoms with Gasteiger partial charge in [-0.2, -0.15) is 0 Å². The summed E-state index contributed by atoms with van der Waals surface area (Å²) in [6.07, 6.45) is 0.511. The van der Waals surface area contributed by atoms with Crippen LogP contribution in [0.1, 0.15) is 29.2 Å². The molecule has 0 atom stereocenters. The Morgan fingerprint density at radius 2 is 1.38 bits per heavy atom. The quantitative estimate of drug-likeness (QED) is 0.553. The summed E-state index contributed by atoms with van der Waals surface area (Å²) in [5.41, 5.74) is 2.87. The van der Waals surface area contributed by atoms with E-state index in [1.807, 2.05) is 36.4 Å². The lowest BCUT2D eigenvalue weighted by molar-refractivity contribution is -0.120. The molecule has 0 unspecified atom stereocenters. The number of hydrogen-bond acceptors (Lipinski definition) is 2. The Balaban J connectivity index is 1.39. The Labute approximate surface area is 169 Å². The smallest absolute Gasteiger partial charge is 0.137 e. The molecule has 1 fully saturated rings. The van der Waals surface area contributed by atoms with Crippen LogP contribution in [0.15, 0.2) is 78.9 Å². The van der Waals surface area contributed by atoms with E-state index in [0.717, 1.165) is 19.2 Å². The van der Waals surface area contributed by atoms with Crippen molar-refractivity contribution < 1.29 is 13.6 Å². The SMILES string of the molecule is O=C(Cc1cc(F)cc(F)c1)CC1CN(C(c2ccccc2)c2ccccc2)C1. The molecule has 0 radical (unpaired) electrons. The predicted octanol–water partition coefficient (Wildman–Crippen LogP) is 5.19. The fourth-order valence-electron chi connectivity index (χ4n) is 4.17. The first-order valence-electron chi connectivity index (χ1n) is 9.89. The molecule has 4 heteroatoms. The van der Waals surface area contributed by atoms with Crippen molar-refractivity contribution in [2.75, 3.05) is 13.1 Å². The van der Waals surface area contributed by atoms with E-state index in [2.05, 4.69) is 29.2 Å². The van der Waals surface area contributed by atoms with Gasteiger partial charge in [-0.25, -0.2) is 8.78 Å². The molecule has 0 aliphatic carbocycles. The van der Waals surface area contributed by atoms with Crippen molar-refractivity contribution in [3.05, 3.63) is 107 Å². The van der Waals surface area contributed by atoms with Crippen LogP contribution in [0.4, 0.5) is 8.78 Å². The Hall–Kier alpha value is -2.85. The summed E-state index contributed by atoms with van der Waals surface area (Å²) < 4.78 is 26.6. The van der Waals surface area contributed by atoms with E-state index >= 15 is 0 Å². The van der Waals surface area contributed by atoms with Gasteiger partial charge in [0.1, 0.15) is 17.4 Å². The van der Waals surface area contributed by atoms with Crippen LogP contribution in [0.2, 0.25) is 0 Å². The van der Waals surface area contributed by atoms with Gasteiger partial charge in [0.05, 0.1) is 6.04 Å². The zero-order valence-electron chi connectivity index (χ0n) is 16.1. The molecular weight excluding hydrogens is 368 g/mol. The van der Waals surface area contributed by atoms with Crippen LogP contribution in [0.3, 0.4) is 0 Å². The van der Waals surface area contributed by atoms with E-state index in [1.54, 1.807) is 0 Å². The fourth-order valence-corrected chi connectivity index (χ4v) is 4.17. The van der Waals surface area contributed by atoms with Gasteiger partial charge >= 0.3 is 0 Å². The lowest BCUT2D eigenvalue weighted by Gasteiger charge is -2.44. The Morgan fingerprint density at radius 1 is 0.862 bits per heavy atom. The Bertz CT molecular complexity index is 909. The average Bonchev–Trinajstić information content (AvgIpc) is 2.67. The van der Waals surface area contributed by atoms with E-state index in [1.165, 1.54) is 23.3 Å². The van der Waals surface area contributed by atoms with Crippen molar-refractivity contribution in [2.24, 2.45) is 5.92 Å². The topological polar surface area (TPSA) is 20.3 Å². The van der Waals surface area contributed by atoms with Crippen LogP contribution >= 0.6 is 0 Å². The highest BCUT2D eigenvalue weighted by molar-refractivity contribution is 5.81. The van der Waals surface area contributed by atoms with Gasteiger partial charge in [0.25, 0.3) is 0 Å². The number of halogens is 2. The summed E-state index contributed by atoms with van der Waals surface area (Å²) in [5.74, 6) is -0.987. The molecular formula is C25H23F2NO. The van der Waals surface area contributed by atoms with E-state index in [9.17, 15) is 13.6 Å². The van der Waals surface area contributed by atoms with Gasteiger partial charge in [-0.05, 0) is 34.7 Å². The molecule has 1 saturated heterocycles. The highest BCUT2D eigenvalue weighted by Gasteiger charge is 2.34. The second-order valence-electron chi connectivity index (χ2n) is 7.74. The molecule has 148 valence electrons. The minimum absolute atomic E-state index is 0.0237. The van der Waals surface area contributed by atoms with Gasteiger partial charge in [0, 0.05) is 32.0 Å². The summed E-state index contributed by atoms with van der Waals surface area (Å²) in [6, 6.07) is 24.2. The van der Waals surface area contributed by atoms with E-state index in [4.69, 9.17) is 0 Å². The van der Waals surface area contributed by atoms with Gasteiger partial charge in [-0.15, -0.1) is 0 Å². The first-order chi connectivity index (χ1) is 14.1. The number of Topliss-reactive ketones (excluding diaryl/α,β-unsaturated/α-hetero) is 1. The van der Waals surface area contributed by atoms with E-state index in [-0.39, 0.29) is 24.2 Å². The van der Waals surface area contributed by atoms with Gasteiger partial charge in [0.2, 0.25) is 0 Å². The first kappa shape index (κ1) is 19.5. The molecule has 0 N–H and O–H groups in total. The van der Waals surface area contributed by atoms with Crippen molar-refractivity contribution in [2.45, 2.75) is 18.9 Å². The number of hydrogen-bond donors (Lipinski definition) is 0. The second kappa shape index (κ2) is 8.66. The van der Waals surface area contributed by atoms with Crippen LogP contribution in [-0.4, -0.2) is 23.8 Å². The molecule has 3 aromatic carbocycles. The molecule has 1 aliphatic heterocycles. The first-order valence-corrected chi connectivity index (χ1v) is 9.89. The van der Waals surface area contributed by atoms with Gasteiger partial charge in [0.15, 0.2) is 0 Å². The third-order valence-corrected chi connectivity index (χ3v) is 5.42. The zero-order valence-corrected chi connectivity index (χ0v) is 16.1. The van der Waals surface area contributed by atoms with Crippen LogP contribution in [0, 0.1) is 17.6 Å². The summed E-state index contributed by atoms with van der Waals surface area (Å²) in [4.78, 5) is 14.8. The fraction of sp³-hybridized carbons (Fsp3) is 0.240. The monoisotopic (exact) mass is 391 g/mol. The molecule has 2 nitrogen and oxygen atoms in total. The molecule has 0 bridgehead atoms. The molecule has 0 aromatic heterocycles. The maximum absolute atomic E-state index is 13.3. The van der Waals surface area contributed by atoms with Crippen molar-refractivity contribution in [1.82, 2.24) is 4.90 Å². The highest BCUT2D eigenvalue weighted by Crippen LogP contribution is 2.35. The zero-order chi connectivity index (χ0) is 20.2. The number of carbonyl (C=O) groups excluding carboxylic acids is 1. The molecule has 4 rings (SSSR count). The molecule has 0 saturated carbocycles. The molecule has 3 aromatic rings. The third-order valence-electron chi connectivity index (χ3n) is 5.42. The number of nitrogens with zero attached hydrogens (tertiary/aromatic N) is 1. The summed E-state index contributed by atoms with van der Waals surface area (Å²) >= 11 is 0. The Kier molecular flexibility index (Phi) is 5.81. The van der Waals surface area contributed by atoms with Crippen molar-refractivity contribution in [3.63, 3.8) is 0 Å². The number of rotatable bonds is 7. The van der Waals surface area contributed by atoms with Crippen LogP contribution < -0.4 is 0 Å². The molecule has 0 spiro atoms. The van der Waals surface area contributed by atoms with Crippen LogP contribution in [-0.2, 0) is 11.2 Å². The number of carbonyl (C=O) groups is 1. The average molecular weight is 391 g/mol. The standard InChI is InChI=1S/C25H23F2NO/c26-22-11-18(12-23(27)15-22)13-24(29)14-19-16-28(17-19)25(20-7-3-1-4-8-20)21-9-5-2-6-10-21/h1-12,15,19,25H,13-14,16-17H2. The third kappa shape index (κ3) is 4.77. The lowest BCUT2D eigenvalue weighted by atomic mass is 9.87. The number of likely N-dealkylation sites (tertiary alicyclic amines) is 1. The van der Waals surface area contributed by atoms with Crippen molar-refractivity contribution in [1.29, 1.82) is 0 Å². The largest absolute Gasteiger partial charge is 0.299 e. The maximum atomic E-state index is 13.3. The Morgan fingerprint density at radius 3 is 1.90 bits per heavy atom. The molecule has 0 amide bonds. The minimum atomic E-state index is -0.642. The predicted molar refractivity (Wildman–Crippen MR) is 109 cm³/mol. The van der Waals surface area contributed by atoms with Gasteiger partial charge in [-0.3, -0.25) is 9.69 Å². The molecule has 1 heterocycles. The highest BCUT2D eigenvalue weighted by atomic mass is 19.1. The van der Waals surface area contributed by atoms with E-state index < -0.39 is 11.6 Å². The van der Waals surface area contributed by atoms with Crippen LogP contribution in [0.5, 0.6) is 0 Å². The van der Waals surface area contributed by atoms with Crippen molar-refractivity contribution >= 4 is 5.78 Å². The van der Waals surface area contributed by atoms with E-state index in [0.29, 0.717) is 12.0 Å². The lowest BCUT2D eigenvalue weighted by Crippen LogP contribution is -2.49. The van der Waals surface area contributed by atoms with Gasteiger partial charge in [-0.1, -0.05) is 60.7 Å². The summed E-state index contributed by atoms with van der Waals surface area (Å²) in [7, 11) is 0. The van der Waals surface area contributed by atoms with Gasteiger partial charge < -0.3 is 0 Å².